The maximum atomic E-state index is 12.8. The smallest absolute Gasteiger partial charge is 0.261 e. The average molecular weight is 457 g/mol. The van der Waals surface area contributed by atoms with E-state index in [4.69, 9.17) is 4.74 Å². The molecule has 3 aromatic rings. The van der Waals surface area contributed by atoms with Crippen molar-refractivity contribution in [2.24, 2.45) is 0 Å². The van der Waals surface area contributed by atoms with E-state index in [-0.39, 0.29) is 16.6 Å². The number of sulfonamides is 1. The molecule has 1 amide bonds. The van der Waals surface area contributed by atoms with Gasteiger partial charge in [-0.15, -0.1) is 0 Å². The Morgan fingerprint density at radius 2 is 1.62 bits per heavy atom. The second-order valence-electron chi connectivity index (χ2n) is 7.21. The molecule has 0 bridgehead atoms. The highest BCUT2D eigenvalue weighted by atomic mass is 32.2. The van der Waals surface area contributed by atoms with Gasteiger partial charge in [0.1, 0.15) is 11.6 Å². The maximum Gasteiger partial charge on any atom is 0.261 e. The van der Waals surface area contributed by atoms with Gasteiger partial charge in [0, 0.05) is 12.1 Å². The number of carbonyl (C=O) groups excluding carboxylic acids is 1. The van der Waals surface area contributed by atoms with Crippen LogP contribution in [0, 0.1) is 12.7 Å². The van der Waals surface area contributed by atoms with Gasteiger partial charge < -0.3 is 10.1 Å². The number of nitrogens with one attached hydrogen (secondary N) is 2. The summed E-state index contributed by atoms with van der Waals surface area (Å²) in [5.74, 6) is 0.0101. The van der Waals surface area contributed by atoms with Crippen molar-refractivity contribution >= 4 is 21.6 Å². The molecule has 0 aromatic heterocycles. The number of ether oxygens (including phenoxy) is 1. The number of amides is 1. The predicted octanol–water partition coefficient (Wildman–Crippen LogP) is 4.52. The van der Waals surface area contributed by atoms with Crippen LogP contribution in [-0.2, 0) is 10.0 Å². The van der Waals surface area contributed by atoms with Crippen LogP contribution in [0.2, 0.25) is 0 Å². The summed E-state index contributed by atoms with van der Waals surface area (Å²) in [6.07, 6.45) is 1.43. The standard InChI is InChI=1S/C24H25FN2O4S/c1-18-6-2-3-7-23(18)27-32(29,30)22-14-8-19(9-15-22)24(28)26-16-4-5-17-31-21-12-10-20(25)11-13-21/h2-3,6-15,27H,4-5,16-17H2,1H3,(H,26,28). The van der Waals surface area contributed by atoms with Crippen LogP contribution in [0.25, 0.3) is 0 Å². The molecule has 0 fully saturated rings. The summed E-state index contributed by atoms with van der Waals surface area (Å²) in [7, 11) is -3.75. The Labute approximate surface area is 187 Å². The molecule has 0 heterocycles. The third-order valence-corrected chi connectivity index (χ3v) is 6.14. The lowest BCUT2D eigenvalue weighted by molar-refractivity contribution is 0.0952. The number of hydrogen-bond acceptors (Lipinski definition) is 4. The van der Waals surface area contributed by atoms with Crippen molar-refractivity contribution in [3.8, 4) is 5.75 Å². The number of aryl methyl sites for hydroxylation is 1. The average Bonchev–Trinajstić information content (AvgIpc) is 2.79. The van der Waals surface area contributed by atoms with Crippen LogP contribution in [0.4, 0.5) is 10.1 Å². The molecule has 8 heteroatoms. The number of anilines is 1. The zero-order valence-electron chi connectivity index (χ0n) is 17.7. The third-order valence-electron chi connectivity index (χ3n) is 4.76. The van der Waals surface area contributed by atoms with Gasteiger partial charge in [-0.2, -0.15) is 0 Å². The largest absolute Gasteiger partial charge is 0.494 e. The molecular formula is C24H25FN2O4S. The second kappa shape index (κ2) is 10.8. The first kappa shape index (κ1) is 23.3. The van der Waals surface area contributed by atoms with E-state index in [9.17, 15) is 17.6 Å². The zero-order valence-corrected chi connectivity index (χ0v) is 18.5. The molecule has 0 unspecified atom stereocenters. The molecule has 0 spiro atoms. The molecule has 0 aliphatic carbocycles. The first-order chi connectivity index (χ1) is 15.3. The minimum absolute atomic E-state index is 0.0789. The Balaban J connectivity index is 1.44. The summed E-state index contributed by atoms with van der Waals surface area (Å²) in [6.45, 7) is 2.74. The Morgan fingerprint density at radius 3 is 2.31 bits per heavy atom. The fourth-order valence-corrected chi connectivity index (χ4v) is 4.06. The molecule has 2 N–H and O–H groups in total. The quantitative estimate of drug-likeness (QED) is 0.439. The zero-order chi connectivity index (χ0) is 23.0. The highest BCUT2D eigenvalue weighted by molar-refractivity contribution is 7.92. The minimum Gasteiger partial charge on any atom is -0.494 e. The van der Waals surface area contributed by atoms with Crippen molar-refractivity contribution in [3.05, 3.63) is 89.7 Å². The maximum absolute atomic E-state index is 12.8. The molecule has 168 valence electrons. The van der Waals surface area contributed by atoms with Crippen molar-refractivity contribution in [3.63, 3.8) is 0 Å². The predicted molar refractivity (Wildman–Crippen MR) is 122 cm³/mol. The van der Waals surface area contributed by atoms with Gasteiger partial charge in [-0.1, -0.05) is 18.2 Å². The highest BCUT2D eigenvalue weighted by Crippen LogP contribution is 2.19. The van der Waals surface area contributed by atoms with E-state index >= 15 is 0 Å². The van der Waals surface area contributed by atoms with E-state index in [1.807, 2.05) is 19.1 Å². The van der Waals surface area contributed by atoms with E-state index in [2.05, 4.69) is 10.0 Å². The van der Waals surface area contributed by atoms with E-state index < -0.39 is 10.0 Å². The summed E-state index contributed by atoms with van der Waals surface area (Å²) in [4.78, 5) is 12.4. The second-order valence-corrected chi connectivity index (χ2v) is 8.89. The summed E-state index contributed by atoms with van der Waals surface area (Å²) >= 11 is 0. The van der Waals surface area contributed by atoms with E-state index in [1.54, 1.807) is 24.3 Å². The summed E-state index contributed by atoms with van der Waals surface area (Å²) in [6, 6.07) is 18.7. The molecule has 0 aliphatic heterocycles. The van der Waals surface area contributed by atoms with Crippen molar-refractivity contribution in [2.75, 3.05) is 17.9 Å². The molecule has 0 saturated carbocycles. The first-order valence-corrected chi connectivity index (χ1v) is 11.7. The Hall–Kier alpha value is -3.39. The summed E-state index contributed by atoms with van der Waals surface area (Å²) in [5.41, 5.74) is 1.70. The van der Waals surface area contributed by atoms with Crippen molar-refractivity contribution < 1.29 is 22.3 Å². The van der Waals surface area contributed by atoms with Crippen LogP contribution in [0.15, 0.2) is 77.7 Å². The van der Waals surface area contributed by atoms with Gasteiger partial charge in [0.2, 0.25) is 0 Å². The van der Waals surface area contributed by atoms with Gasteiger partial charge in [-0.25, -0.2) is 12.8 Å². The lowest BCUT2D eigenvalue weighted by Crippen LogP contribution is -2.24. The number of carbonyl (C=O) groups is 1. The van der Waals surface area contributed by atoms with Crippen LogP contribution in [0.3, 0.4) is 0 Å². The summed E-state index contributed by atoms with van der Waals surface area (Å²) < 4.78 is 46.1. The van der Waals surface area contributed by atoms with Crippen LogP contribution in [0.5, 0.6) is 5.75 Å². The minimum atomic E-state index is -3.75. The van der Waals surface area contributed by atoms with Crippen LogP contribution >= 0.6 is 0 Å². The van der Waals surface area contributed by atoms with Crippen molar-refractivity contribution in [1.29, 1.82) is 0 Å². The number of para-hydroxylation sites is 1. The number of unbranched alkanes of at least 4 members (excludes halogenated alkanes) is 1. The fourth-order valence-electron chi connectivity index (χ4n) is 2.93. The molecule has 6 nitrogen and oxygen atoms in total. The Bertz CT molecular complexity index is 1150. The molecule has 0 aliphatic rings. The highest BCUT2D eigenvalue weighted by Gasteiger charge is 2.16. The molecular weight excluding hydrogens is 431 g/mol. The van der Waals surface area contributed by atoms with E-state index in [0.29, 0.717) is 36.6 Å². The molecule has 3 rings (SSSR count). The van der Waals surface area contributed by atoms with Crippen LogP contribution < -0.4 is 14.8 Å². The Morgan fingerprint density at radius 1 is 0.938 bits per heavy atom. The number of halogens is 1. The Kier molecular flexibility index (Phi) is 7.83. The van der Waals surface area contributed by atoms with E-state index in [0.717, 1.165) is 12.0 Å². The summed E-state index contributed by atoms with van der Waals surface area (Å²) in [5, 5.41) is 2.80. The lowest BCUT2D eigenvalue weighted by Gasteiger charge is -2.11. The van der Waals surface area contributed by atoms with Gasteiger partial charge in [-0.05, 0) is 79.9 Å². The van der Waals surface area contributed by atoms with Gasteiger partial charge >= 0.3 is 0 Å². The SMILES string of the molecule is Cc1ccccc1NS(=O)(=O)c1ccc(C(=O)NCCCCOc2ccc(F)cc2)cc1. The molecule has 32 heavy (non-hydrogen) atoms. The van der Waals surface area contributed by atoms with Gasteiger partial charge in [0.25, 0.3) is 15.9 Å². The molecule has 0 atom stereocenters. The number of rotatable bonds is 10. The number of hydrogen-bond donors (Lipinski definition) is 2. The van der Waals surface area contributed by atoms with Gasteiger partial charge in [0.05, 0.1) is 17.2 Å². The van der Waals surface area contributed by atoms with Crippen LogP contribution in [0.1, 0.15) is 28.8 Å². The normalized spacial score (nSPS) is 11.1. The molecule has 3 aromatic carbocycles. The van der Waals surface area contributed by atoms with Gasteiger partial charge in [0.15, 0.2) is 0 Å². The van der Waals surface area contributed by atoms with Gasteiger partial charge in [-0.3, -0.25) is 9.52 Å². The topological polar surface area (TPSA) is 84.5 Å². The van der Waals surface area contributed by atoms with E-state index in [1.165, 1.54) is 36.4 Å². The fraction of sp³-hybridized carbons (Fsp3) is 0.208. The monoisotopic (exact) mass is 456 g/mol. The van der Waals surface area contributed by atoms with Crippen LogP contribution in [-0.4, -0.2) is 27.5 Å². The van der Waals surface area contributed by atoms with Crippen molar-refractivity contribution in [2.45, 2.75) is 24.7 Å². The number of benzene rings is 3. The molecule has 0 saturated heterocycles. The van der Waals surface area contributed by atoms with Crippen molar-refractivity contribution in [1.82, 2.24) is 5.32 Å². The molecule has 0 radical (unpaired) electrons. The first-order valence-electron chi connectivity index (χ1n) is 10.2. The lowest BCUT2D eigenvalue weighted by atomic mass is 10.2. The third kappa shape index (κ3) is 6.55.